The molecule has 6 rings (SSSR count). The van der Waals surface area contributed by atoms with E-state index < -0.39 is 23.2 Å². The molecule has 5 heterocycles. The van der Waals surface area contributed by atoms with Crippen LogP contribution in [-0.2, 0) is 22.2 Å². The Balaban J connectivity index is 1.19. The van der Waals surface area contributed by atoms with Gasteiger partial charge in [0.2, 0.25) is 5.91 Å². The SMILES string of the molecule is O=C(Cc1cccc(C(F)(F)F)n1)CN1CN(c2ccccc2)C2(CCN(C(=O)c3cnc4[nH]ncc4c3)CC2)C1=O. The van der Waals surface area contributed by atoms with E-state index in [4.69, 9.17) is 0 Å². The van der Waals surface area contributed by atoms with Crippen LogP contribution in [-0.4, -0.2) is 79.4 Å². The highest BCUT2D eigenvalue weighted by atomic mass is 19.4. The number of ketones is 1. The molecule has 2 saturated heterocycles. The van der Waals surface area contributed by atoms with Crippen LogP contribution in [0.4, 0.5) is 18.9 Å². The summed E-state index contributed by atoms with van der Waals surface area (Å²) in [4.78, 5) is 53.1. The minimum absolute atomic E-state index is 0.00832. The Morgan fingerprint density at radius 1 is 1.00 bits per heavy atom. The van der Waals surface area contributed by atoms with Crippen LogP contribution in [0, 0.1) is 0 Å². The number of hydrogen-bond donors (Lipinski definition) is 1. The number of pyridine rings is 2. The summed E-state index contributed by atoms with van der Waals surface area (Å²) >= 11 is 0. The molecule has 1 spiro atoms. The van der Waals surface area contributed by atoms with Crippen molar-refractivity contribution in [2.75, 3.05) is 31.2 Å². The number of rotatable bonds is 6. The number of benzene rings is 1. The number of carbonyl (C=O) groups is 3. The number of piperidine rings is 1. The number of Topliss-reactive ketones (excluding diaryl/α,β-unsaturated/α-hetero) is 1. The molecule has 2 amide bonds. The first-order valence-electron chi connectivity index (χ1n) is 13.4. The van der Waals surface area contributed by atoms with E-state index >= 15 is 0 Å². The molecule has 0 saturated carbocycles. The maximum atomic E-state index is 13.9. The molecule has 0 atom stereocenters. The van der Waals surface area contributed by atoms with Gasteiger partial charge in [-0.25, -0.2) is 9.97 Å². The predicted molar refractivity (Wildman–Crippen MR) is 145 cm³/mol. The number of anilines is 1. The molecular formula is C29H26F3N7O3. The molecule has 1 N–H and O–H groups in total. The summed E-state index contributed by atoms with van der Waals surface area (Å²) in [6.07, 6.45) is -1.18. The van der Waals surface area contributed by atoms with E-state index in [0.29, 0.717) is 37.1 Å². The lowest BCUT2D eigenvalue weighted by atomic mass is 9.85. The summed E-state index contributed by atoms with van der Waals surface area (Å²) in [5.74, 6) is -0.863. The zero-order valence-corrected chi connectivity index (χ0v) is 22.3. The lowest BCUT2D eigenvalue weighted by Crippen LogP contribution is -2.57. The van der Waals surface area contributed by atoms with Crippen LogP contribution in [0.15, 0.2) is 67.0 Å². The van der Waals surface area contributed by atoms with Crippen molar-refractivity contribution in [3.8, 4) is 0 Å². The quantitative estimate of drug-likeness (QED) is 0.373. The molecule has 2 aliphatic rings. The maximum absolute atomic E-state index is 13.9. The van der Waals surface area contributed by atoms with Gasteiger partial charge < -0.3 is 14.7 Å². The maximum Gasteiger partial charge on any atom is 0.433 e. The van der Waals surface area contributed by atoms with Gasteiger partial charge in [-0.05, 0) is 43.2 Å². The number of para-hydroxylation sites is 1. The first kappa shape index (κ1) is 27.4. The van der Waals surface area contributed by atoms with Crippen molar-refractivity contribution in [1.29, 1.82) is 0 Å². The third kappa shape index (κ3) is 5.06. The van der Waals surface area contributed by atoms with E-state index in [1.54, 1.807) is 17.2 Å². The fourth-order valence-electron chi connectivity index (χ4n) is 5.74. The molecule has 3 aromatic heterocycles. The number of carbonyl (C=O) groups excluding carboxylic acids is 3. The second-order valence-electron chi connectivity index (χ2n) is 10.5. The highest BCUT2D eigenvalue weighted by Crippen LogP contribution is 2.40. The molecule has 1 aromatic carbocycles. The first-order valence-corrected chi connectivity index (χ1v) is 13.4. The van der Waals surface area contributed by atoms with Gasteiger partial charge in [0.25, 0.3) is 5.91 Å². The number of nitrogens with zero attached hydrogens (tertiary/aromatic N) is 6. The minimum atomic E-state index is -4.62. The van der Waals surface area contributed by atoms with Gasteiger partial charge in [0.05, 0.1) is 31.4 Å². The van der Waals surface area contributed by atoms with Gasteiger partial charge in [-0.1, -0.05) is 24.3 Å². The average Bonchev–Trinajstić information content (AvgIpc) is 3.56. The van der Waals surface area contributed by atoms with Crippen LogP contribution in [0.25, 0.3) is 11.0 Å². The van der Waals surface area contributed by atoms with Crippen LogP contribution in [0.2, 0.25) is 0 Å². The number of hydrogen-bond acceptors (Lipinski definition) is 7. The highest BCUT2D eigenvalue weighted by Gasteiger charge is 2.54. The number of likely N-dealkylation sites (tertiary alicyclic amines) is 1. The smallest absolute Gasteiger partial charge is 0.339 e. The summed E-state index contributed by atoms with van der Waals surface area (Å²) in [7, 11) is 0. The number of nitrogens with one attached hydrogen (secondary N) is 1. The summed E-state index contributed by atoms with van der Waals surface area (Å²) in [5.41, 5.74) is -0.244. The Bertz CT molecular complexity index is 1650. The van der Waals surface area contributed by atoms with Crippen molar-refractivity contribution >= 4 is 34.3 Å². The number of H-pyrrole nitrogens is 1. The molecule has 0 aliphatic carbocycles. The Morgan fingerprint density at radius 2 is 1.76 bits per heavy atom. The Kier molecular flexibility index (Phi) is 6.87. The standard InChI is InChI=1S/C29H26F3N7O3/c30-29(31,32)24-8-4-5-21(35-24)14-23(40)17-38-18-39(22-6-2-1-3-7-22)28(27(38)42)9-11-37(12-10-28)26(41)20-13-19-16-34-36-25(19)33-15-20/h1-8,13,15-16H,9-12,14,17-18H2,(H,33,34,36). The Morgan fingerprint density at radius 3 is 2.50 bits per heavy atom. The van der Waals surface area contributed by atoms with E-state index in [2.05, 4.69) is 20.2 Å². The lowest BCUT2D eigenvalue weighted by molar-refractivity contribution is -0.141. The highest BCUT2D eigenvalue weighted by molar-refractivity contribution is 5.99. The van der Waals surface area contributed by atoms with E-state index in [9.17, 15) is 27.6 Å². The summed E-state index contributed by atoms with van der Waals surface area (Å²) in [6, 6.07) is 14.5. The predicted octanol–water partition coefficient (Wildman–Crippen LogP) is 3.46. The van der Waals surface area contributed by atoms with Gasteiger partial charge in [0.15, 0.2) is 11.4 Å². The van der Waals surface area contributed by atoms with E-state index in [1.165, 1.54) is 23.2 Å². The van der Waals surface area contributed by atoms with Gasteiger partial charge >= 0.3 is 6.18 Å². The normalized spacial score (nSPS) is 16.9. The second kappa shape index (κ2) is 10.5. The molecule has 13 heteroatoms. The van der Waals surface area contributed by atoms with Crippen molar-refractivity contribution in [2.45, 2.75) is 31.0 Å². The fourth-order valence-corrected chi connectivity index (χ4v) is 5.74. The topological polar surface area (TPSA) is 115 Å². The zero-order valence-electron chi connectivity index (χ0n) is 22.3. The van der Waals surface area contributed by atoms with Crippen molar-refractivity contribution in [3.05, 3.63) is 83.9 Å². The molecule has 2 fully saturated rings. The van der Waals surface area contributed by atoms with Crippen molar-refractivity contribution in [2.24, 2.45) is 0 Å². The van der Waals surface area contributed by atoms with Crippen LogP contribution in [0.1, 0.15) is 34.6 Å². The zero-order chi connectivity index (χ0) is 29.5. The molecule has 42 heavy (non-hydrogen) atoms. The Labute approximate surface area is 238 Å². The van der Waals surface area contributed by atoms with Crippen LogP contribution >= 0.6 is 0 Å². The lowest BCUT2D eigenvalue weighted by Gasteiger charge is -2.43. The van der Waals surface area contributed by atoms with Crippen LogP contribution in [0.3, 0.4) is 0 Å². The van der Waals surface area contributed by atoms with E-state index in [0.717, 1.165) is 17.1 Å². The fraction of sp³-hybridized carbons (Fsp3) is 0.310. The van der Waals surface area contributed by atoms with Crippen LogP contribution < -0.4 is 4.90 Å². The van der Waals surface area contributed by atoms with Gasteiger partial charge in [0.1, 0.15) is 11.2 Å². The third-order valence-electron chi connectivity index (χ3n) is 7.84. The number of halogens is 3. The van der Waals surface area contributed by atoms with E-state index in [-0.39, 0.29) is 37.1 Å². The van der Waals surface area contributed by atoms with Gasteiger partial charge in [-0.3, -0.25) is 19.5 Å². The average molecular weight is 578 g/mol. The molecule has 10 nitrogen and oxygen atoms in total. The summed E-state index contributed by atoms with van der Waals surface area (Å²) in [5, 5.41) is 7.41. The number of alkyl halides is 3. The summed E-state index contributed by atoms with van der Waals surface area (Å²) in [6.45, 7) is 0.501. The first-order chi connectivity index (χ1) is 20.1. The third-order valence-corrected chi connectivity index (χ3v) is 7.84. The van der Waals surface area contributed by atoms with Gasteiger partial charge in [-0.2, -0.15) is 18.3 Å². The molecule has 216 valence electrons. The molecule has 0 radical (unpaired) electrons. The molecule has 2 aliphatic heterocycles. The number of aromatic nitrogens is 4. The molecular weight excluding hydrogens is 551 g/mol. The molecule has 0 unspecified atom stereocenters. The molecule has 0 bridgehead atoms. The van der Waals surface area contributed by atoms with Gasteiger partial charge in [0, 0.05) is 36.1 Å². The molecule has 4 aromatic rings. The largest absolute Gasteiger partial charge is 0.433 e. The number of aromatic amines is 1. The second-order valence-corrected chi connectivity index (χ2v) is 10.5. The number of fused-ring (bicyclic) bond motifs is 1. The van der Waals surface area contributed by atoms with Crippen molar-refractivity contribution in [1.82, 2.24) is 30.0 Å². The Hall–Kier alpha value is -4.81. The van der Waals surface area contributed by atoms with Crippen LogP contribution in [0.5, 0.6) is 0 Å². The minimum Gasteiger partial charge on any atom is -0.339 e. The van der Waals surface area contributed by atoms with Gasteiger partial charge in [-0.15, -0.1) is 0 Å². The van der Waals surface area contributed by atoms with Crippen molar-refractivity contribution in [3.63, 3.8) is 0 Å². The van der Waals surface area contributed by atoms with Crippen molar-refractivity contribution < 1.29 is 27.6 Å². The summed E-state index contributed by atoms with van der Waals surface area (Å²) < 4.78 is 39.2. The number of amides is 2. The monoisotopic (exact) mass is 577 g/mol. The van der Waals surface area contributed by atoms with E-state index in [1.807, 2.05) is 35.2 Å².